The second-order valence-corrected chi connectivity index (χ2v) is 5.47. The first kappa shape index (κ1) is 14.2. The van der Waals surface area contributed by atoms with E-state index in [2.05, 4.69) is 5.16 Å². The van der Waals surface area contributed by atoms with Crippen molar-refractivity contribution in [2.75, 3.05) is 18.1 Å². The molecule has 0 radical (unpaired) electrons. The van der Waals surface area contributed by atoms with Crippen molar-refractivity contribution in [3.05, 3.63) is 0 Å². The monoisotopic (exact) mass is 259 g/mol. The summed E-state index contributed by atoms with van der Waals surface area (Å²) >= 11 is 1.86. The Morgan fingerprint density at radius 3 is 2.94 bits per heavy atom. The first-order valence-electron chi connectivity index (χ1n) is 5.97. The molecular weight excluding hydrogens is 238 g/mol. The number of hydrogen-bond acceptors (Lipinski definition) is 4. The molecule has 2 atom stereocenters. The molecule has 1 rings (SSSR count). The Balaban J connectivity index is 2.75. The van der Waals surface area contributed by atoms with Gasteiger partial charge in [-0.15, -0.1) is 0 Å². The van der Waals surface area contributed by atoms with Crippen LogP contribution in [0.4, 0.5) is 0 Å². The number of hydrogen-bond donors (Lipinski definition) is 2. The van der Waals surface area contributed by atoms with E-state index in [4.69, 9.17) is 10.9 Å². The van der Waals surface area contributed by atoms with Gasteiger partial charge >= 0.3 is 0 Å². The molecule has 0 spiro atoms. The lowest BCUT2D eigenvalue weighted by Gasteiger charge is -2.35. The second kappa shape index (κ2) is 6.74. The van der Waals surface area contributed by atoms with Crippen molar-refractivity contribution in [2.24, 2.45) is 16.8 Å². The molecule has 0 bridgehead atoms. The Hall–Kier alpha value is -0.910. The van der Waals surface area contributed by atoms with Crippen LogP contribution < -0.4 is 5.73 Å². The van der Waals surface area contributed by atoms with Crippen LogP contribution in [0.3, 0.4) is 0 Å². The Labute approximate surface area is 106 Å². The van der Waals surface area contributed by atoms with Gasteiger partial charge in [-0.2, -0.15) is 11.8 Å². The number of thioether (sulfide) groups is 1. The molecule has 1 saturated heterocycles. The van der Waals surface area contributed by atoms with E-state index in [0.717, 1.165) is 24.5 Å². The van der Waals surface area contributed by atoms with Crippen LogP contribution in [0.1, 0.15) is 26.7 Å². The molecule has 1 heterocycles. The number of amidine groups is 1. The Morgan fingerprint density at radius 2 is 2.41 bits per heavy atom. The average Bonchev–Trinajstić information content (AvgIpc) is 2.35. The minimum atomic E-state index is -0.476. The van der Waals surface area contributed by atoms with Crippen LogP contribution in [0.15, 0.2) is 5.16 Å². The SMILES string of the molecule is CCCC(C(=O)N1CCSCC1C)C(N)=NO. The molecule has 5 nitrogen and oxygen atoms in total. The van der Waals surface area contributed by atoms with Gasteiger partial charge in [-0.3, -0.25) is 4.79 Å². The lowest BCUT2D eigenvalue weighted by atomic mass is 10.00. The molecule has 2 unspecified atom stereocenters. The molecule has 98 valence electrons. The van der Waals surface area contributed by atoms with E-state index in [0.29, 0.717) is 6.42 Å². The largest absolute Gasteiger partial charge is 0.409 e. The van der Waals surface area contributed by atoms with Crippen molar-refractivity contribution in [3.63, 3.8) is 0 Å². The third kappa shape index (κ3) is 3.52. The summed E-state index contributed by atoms with van der Waals surface area (Å²) in [5.74, 6) is 1.47. The van der Waals surface area contributed by atoms with Crippen molar-refractivity contribution in [2.45, 2.75) is 32.7 Å². The lowest BCUT2D eigenvalue weighted by molar-refractivity contribution is -0.135. The molecule has 3 N–H and O–H groups in total. The molecule has 0 aromatic rings. The number of oxime groups is 1. The first-order chi connectivity index (χ1) is 8.11. The van der Waals surface area contributed by atoms with Crippen molar-refractivity contribution >= 4 is 23.5 Å². The summed E-state index contributed by atoms with van der Waals surface area (Å²) in [5, 5.41) is 11.7. The van der Waals surface area contributed by atoms with E-state index in [1.54, 1.807) is 0 Å². The number of rotatable bonds is 4. The Bertz CT molecular complexity index is 296. The van der Waals surface area contributed by atoms with Crippen molar-refractivity contribution < 1.29 is 10.0 Å². The van der Waals surface area contributed by atoms with Crippen molar-refractivity contribution in [1.29, 1.82) is 0 Å². The van der Waals surface area contributed by atoms with E-state index in [1.165, 1.54) is 0 Å². The maximum atomic E-state index is 12.3. The van der Waals surface area contributed by atoms with Crippen LogP contribution in [-0.2, 0) is 4.79 Å². The number of carbonyl (C=O) groups excluding carboxylic acids is 1. The maximum absolute atomic E-state index is 12.3. The lowest BCUT2D eigenvalue weighted by Crippen LogP contribution is -2.49. The average molecular weight is 259 g/mol. The fraction of sp³-hybridized carbons (Fsp3) is 0.818. The van der Waals surface area contributed by atoms with Gasteiger partial charge in [0.2, 0.25) is 5.91 Å². The summed E-state index contributed by atoms with van der Waals surface area (Å²) in [6.45, 7) is 4.78. The maximum Gasteiger partial charge on any atom is 0.233 e. The van der Waals surface area contributed by atoms with Crippen LogP contribution in [0.5, 0.6) is 0 Å². The van der Waals surface area contributed by atoms with Crippen LogP contribution in [0.25, 0.3) is 0 Å². The molecule has 0 aliphatic carbocycles. The van der Waals surface area contributed by atoms with Crippen LogP contribution in [0.2, 0.25) is 0 Å². The summed E-state index contributed by atoms with van der Waals surface area (Å²) in [6.07, 6.45) is 1.47. The van der Waals surface area contributed by atoms with E-state index in [-0.39, 0.29) is 17.8 Å². The highest BCUT2D eigenvalue weighted by Crippen LogP contribution is 2.20. The topological polar surface area (TPSA) is 78.9 Å². The minimum Gasteiger partial charge on any atom is -0.409 e. The summed E-state index contributed by atoms with van der Waals surface area (Å²) in [7, 11) is 0. The number of carbonyl (C=O) groups is 1. The van der Waals surface area contributed by atoms with Gasteiger partial charge in [-0.05, 0) is 13.3 Å². The van der Waals surface area contributed by atoms with Gasteiger partial charge in [0, 0.05) is 24.1 Å². The summed E-state index contributed by atoms with van der Waals surface area (Å²) in [6, 6.07) is 0.229. The normalized spacial score (nSPS) is 23.5. The van der Waals surface area contributed by atoms with E-state index < -0.39 is 5.92 Å². The molecule has 6 heteroatoms. The smallest absolute Gasteiger partial charge is 0.233 e. The van der Waals surface area contributed by atoms with E-state index in [9.17, 15) is 4.79 Å². The molecule has 17 heavy (non-hydrogen) atoms. The second-order valence-electron chi connectivity index (χ2n) is 4.32. The predicted octanol–water partition coefficient (Wildman–Crippen LogP) is 1.11. The fourth-order valence-electron chi connectivity index (χ4n) is 2.01. The zero-order valence-corrected chi connectivity index (χ0v) is 11.2. The van der Waals surface area contributed by atoms with Crippen LogP contribution >= 0.6 is 11.8 Å². The van der Waals surface area contributed by atoms with Gasteiger partial charge in [-0.25, -0.2) is 0 Å². The van der Waals surface area contributed by atoms with Crippen molar-refractivity contribution in [3.8, 4) is 0 Å². The van der Waals surface area contributed by atoms with Crippen LogP contribution in [-0.4, -0.2) is 45.9 Å². The molecule has 0 saturated carbocycles. The molecule has 1 fully saturated rings. The number of nitrogens with zero attached hydrogens (tertiary/aromatic N) is 2. The standard InChI is InChI=1S/C11H21N3O2S/c1-3-4-9(10(12)13-16)11(15)14-5-6-17-7-8(14)2/h8-9,16H,3-7H2,1-2H3,(H2,12,13). The summed E-state index contributed by atoms with van der Waals surface area (Å²) < 4.78 is 0. The highest BCUT2D eigenvalue weighted by atomic mass is 32.2. The summed E-state index contributed by atoms with van der Waals surface area (Å²) in [5.41, 5.74) is 5.60. The highest BCUT2D eigenvalue weighted by Gasteiger charge is 2.31. The van der Waals surface area contributed by atoms with Crippen molar-refractivity contribution in [1.82, 2.24) is 4.90 Å². The molecule has 0 aromatic carbocycles. The Morgan fingerprint density at radius 1 is 1.71 bits per heavy atom. The van der Waals surface area contributed by atoms with E-state index >= 15 is 0 Å². The number of amides is 1. The minimum absolute atomic E-state index is 0.00468. The van der Waals surface area contributed by atoms with E-state index in [1.807, 2.05) is 30.5 Å². The van der Waals surface area contributed by atoms with Gasteiger partial charge in [-0.1, -0.05) is 18.5 Å². The van der Waals surface area contributed by atoms with Gasteiger partial charge in [0.25, 0.3) is 0 Å². The van der Waals surface area contributed by atoms with Gasteiger partial charge in [0.15, 0.2) is 5.84 Å². The third-order valence-corrected chi connectivity index (χ3v) is 4.19. The van der Waals surface area contributed by atoms with Gasteiger partial charge in [0.05, 0.1) is 5.92 Å². The highest BCUT2D eigenvalue weighted by molar-refractivity contribution is 7.99. The molecule has 1 aliphatic heterocycles. The van der Waals surface area contributed by atoms with Crippen LogP contribution in [0, 0.1) is 5.92 Å². The quantitative estimate of drug-likeness (QED) is 0.343. The zero-order chi connectivity index (χ0) is 12.8. The van der Waals surface area contributed by atoms with Gasteiger partial charge < -0.3 is 15.8 Å². The first-order valence-corrected chi connectivity index (χ1v) is 7.12. The molecular formula is C11H21N3O2S. The third-order valence-electron chi connectivity index (χ3n) is 3.00. The molecule has 0 aromatic heterocycles. The zero-order valence-electron chi connectivity index (χ0n) is 10.4. The summed E-state index contributed by atoms with van der Waals surface area (Å²) in [4.78, 5) is 14.2. The predicted molar refractivity (Wildman–Crippen MR) is 70.3 cm³/mol. The molecule has 1 aliphatic rings. The number of nitrogens with two attached hydrogens (primary N) is 1. The Kier molecular flexibility index (Phi) is 5.61. The fourth-order valence-corrected chi connectivity index (χ4v) is 3.02. The molecule has 1 amide bonds. The van der Waals surface area contributed by atoms with Gasteiger partial charge in [0.1, 0.15) is 0 Å².